The Morgan fingerprint density at radius 2 is 2.33 bits per heavy atom. The van der Waals surface area contributed by atoms with Gasteiger partial charge in [0.05, 0.1) is 24.6 Å². The van der Waals surface area contributed by atoms with E-state index in [4.69, 9.17) is 9.15 Å². The van der Waals surface area contributed by atoms with E-state index in [9.17, 15) is 4.79 Å². The van der Waals surface area contributed by atoms with E-state index in [-0.39, 0.29) is 12.5 Å². The molecule has 18 heavy (non-hydrogen) atoms. The van der Waals surface area contributed by atoms with E-state index in [1.807, 2.05) is 18.2 Å². The summed E-state index contributed by atoms with van der Waals surface area (Å²) in [5.74, 6) is -0.289. The van der Waals surface area contributed by atoms with Crippen LogP contribution in [0.4, 0.5) is 0 Å². The Labute approximate surface area is 103 Å². The summed E-state index contributed by atoms with van der Waals surface area (Å²) in [6.07, 6.45) is 3.37. The highest BCUT2D eigenvalue weighted by molar-refractivity contribution is 6.03. The van der Waals surface area contributed by atoms with Crippen molar-refractivity contribution in [3.05, 3.63) is 30.7 Å². The minimum absolute atomic E-state index is 0.113. The van der Waals surface area contributed by atoms with Crippen molar-refractivity contribution in [3.8, 4) is 0 Å². The second kappa shape index (κ2) is 4.18. The topological polar surface area (TPSA) is 57.3 Å². The Kier molecular flexibility index (Phi) is 2.51. The highest BCUT2D eigenvalue weighted by Crippen LogP contribution is 2.25. The molecule has 1 aromatic carbocycles. The molecule has 0 aliphatic heterocycles. The van der Waals surface area contributed by atoms with Crippen LogP contribution < -0.4 is 0 Å². The lowest BCUT2D eigenvalue weighted by molar-refractivity contribution is -0.143. The molecule has 0 amide bonds. The smallest absolute Gasteiger partial charge is 0.327 e. The number of hydrogen-bond acceptors (Lipinski definition) is 4. The molecule has 3 aromatic rings. The number of hydrogen-bond donors (Lipinski definition) is 0. The van der Waals surface area contributed by atoms with Gasteiger partial charge >= 0.3 is 5.97 Å². The van der Waals surface area contributed by atoms with E-state index in [2.05, 4.69) is 5.10 Å². The van der Waals surface area contributed by atoms with E-state index in [0.717, 1.165) is 21.9 Å². The van der Waals surface area contributed by atoms with Crippen molar-refractivity contribution in [3.63, 3.8) is 0 Å². The number of furan rings is 1. The SMILES string of the molecule is CCOC(=O)Cn1ncc2ccc3occc3c21. The zero-order chi connectivity index (χ0) is 12.5. The highest BCUT2D eigenvalue weighted by atomic mass is 16.5. The largest absolute Gasteiger partial charge is 0.465 e. The molecule has 5 nitrogen and oxygen atoms in total. The zero-order valence-corrected chi connectivity index (χ0v) is 9.92. The van der Waals surface area contributed by atoms with E-state index in [1.165, 1.54) is 0 Å². The molecule has 0 N–H and O–H groups in total. The molecule has 0 fully saturated rings. The van der Waals surface area contributed by atoms with Crippen LogP contribution in [0.25, 0.3) is 21.9 Å². The van der Waals surface area contributed by atoms with E-state index < -0.39 is 0 Å². The Morgan fingerprint density at radius 3 is 3.17 bits per heavy atom. The van der Waals surface area contributed by atoms with Crippen LogP contribution in [-0.4, -0.2) is 22.4 Å². The predicted molar refractivity (Wildman–Crippen MR) is 66.1 cm³/mol. The molecule has 0 saturated heterocycles. The van der Waals surface area contributed by atoms with Crippen LogP contribution in [0.15, 0.2) is 35.1 Å². The summed E-state index contributed by atoms with van der Waals surface area (Å²) in [5.41, 5.74) is 1.68. The van der Waals surface area contributed by atoms with Crippen molar-refractivity contribution in [1.29, 1.82) is 0 Å². The fourth-order valence-corrected chi connectivity index (χ4v) is 2.08. The van der Waals surface area contributed by atoms with Crippen molar-refractivity contribution < 1.29 is 13.9 Å². The van der Waals surface area contributed by atoms with Gasteiger partial charge in [-0.3, -0.25) is 9.48 Å². The summed E-state index contributed by atoms with van der Waals surface area (Å²) in [4.78, 5) is 11.5. The maximum absolute atomic E-state index is 11.5. The van der Waals surface area contributed by atoms with Gasteiger partial charge in [0.25, 0.3) is 0 Å². The molecule has 0 spiro atoms. The van der Waals surface area contributed by atoms with Gasteiger partial charge in [0.1, 0.15) is 12.1 Å². The van der Waals surface area contributed by atoms with Gasteiger partial charge in [-0.05, 0) is 25.1 Å². The number of aromatic nitrogens is 2. The summed E-state index contributed by atoms with van der Waals surface area (Å²) >= 11 is 0. The number of nitrogens with zero attached hydrogens (tertiary/aromatic N) is 2. The zero-order valence-electron chi connectivity index (χ0n) is 9.92. The van der Waals surface area contributed by atoms with Gasteiger partial charge < -0.3 is 9.15 Å². The molecule has 0 aliphatic rings. The number of ether oxygens (including phenoxy) is 1. The molecular formula is C13H12N2O3. The van der Waals surface area contributed by atoms with Gasteiger partial charge in [-0.15, -0.1) is 0 Å². The van der Waals surface area contributed by atoms with Crippen molar-refractivity contribution in [2.75, 3.05) is 6.61 Å². The number of carbonyl (C=O) groups is 1. The van der Waals surface area contributed by atoms with Crippen molar-refractivity contribution >= 4 is 27.8 Å². The standard InChI is InChI=1S/C13H12N2O3/c1-2-17-12(16)8-15-13-9(7-14-15)3-4-11-10(13)5-6-18-11/h3-7H,2,8H2,1H3. The Hall–Kier alpha value is -2.30. The van der Waals surface area contributed by atoms with Crippen molar-refractivity contribution in [1.82, 2.24) is 9.78 Å². The fraction of sp³-hybridized carbons (Fsp3) is 0.231. The first-order chi connectivity index (χ1) is 8.79. The molecule has 2 aromatic heterocycles. The Bertz CT molecular complexity index is 711. The quantitative estimate of drug-likeness (QED) is 0.663. The average Bonchev–Trinajstić information content (AvgIpc) is 2.94. The maximum atomic E-state index is 11.5. The van der Waals surface area contributed by atoms with Gasteiger partial charge in [0, 0.05) is 10.8 Å². The lowest BCUT2D eigenvalue weighted by Crippen LogP contribution is -2.14. The second-order valence-corrected chi connectivity index (χ2v) is 3.94. The summed E-state index contributed by atoms with van der Waals surface area (Å²) in [6.45, 7) is 2.27. The monoisotopic (exact) mass is 244 g/mol. The molecule has 0 aliphatic carbocycles. The summed E-state index contributed by atoms with van der Waals surface area (Å²) in [5, 5.41) is 6.15. The van der Waals surface area contributed by atoms with Crippen LogP contribution in [0.3, 0.4) is 0 Å². The van der Waals surface area contributed by atoms with Crippen LogP contribution in [0, 0.1) is 0 Å². The van der Waals surface area contributed by atoms with Crippen LogP contribution >= 0.6 is 0 Å². The first-order valence-corrected chi connectivity index (χ1v) is 5.77. The molecule has 0 unspecified atom stereocenters. The third-order valence-corrected chi connectivity index (χ3v) is 2.82. The third kappa shape index (κ3) is 1.64. The van der Waals surface area contributed by atoms with Crippen LogP contribution in [0.5, 0.6) is 0 Å². The maximum Gasteiger partial charge on any atom is 0.327 e. The number of carbonyl (C=O) groups excluding carboxylic acids is 1. The minimum Gasteiger partial charge on any atom is -0.465 e. The van der Waals surface area contributed by atoms with Crippen molar-refractivity contribution in [2.45, 2.75) is 13.5 Å². The Balaban J connectivity index is 2.11. The fourth-order valence-electron chi connectivity index (χ4n) is 2.08. The first kappa shape index (κ1) is 10.8. The molecular weight excluding hydrogens is 232 g/mol. The lowest BCUT2D eigenvalue weighted by atomic mass is 10.2. The van der Waals surface area contributed by atoms with Gasteiger partial charge in [0.2, 0.25) is 0 Å². The Morgan fingerprint density at radius 1 is 1.44 bits per heavy atom. The third-order valence-electron chi connectivity index (χ3n) is 2.82. The van der Waals surface area contributed by atoms with Crippen LogP contribution in [0.2, 0.25) is 0 Å². The summed E-state index contributed by atoms with van der Waals surface area (Å²) in [7, 11) is 0. The van der Waals surface area contributed by atoms with Crippen molar-refractivity contribution in [2.24, 2.45) is 0 Å². The van der Waals surface area contributed by atoms with E-state index >= 15 is 0 Å². The molecule has 0 radical (unpaired) electrons. The first-order valence-electron chi connectivity index (χ1n) is 5.77. The normalized spacial score (nSPS) is 11.2. The number of rotatable bonds is 3. The van der Waals surface area contributed by atoms with E-state index in [1.54, 1.807) is 24.1 Å². The molecule has 92 valence electrons. The number of fused-ring (bicyclic) bond motifs is 3. The molecule has 0 bridgehead atoms. The second-order valence-electron chi connectivity index (χ2n) is 3.94. The molecule has 5 heteroatoms. The number of benzene rings is 1. The van der Waals surface area contributed by atoms with Crippen LogP contribution in [-0.2, 0) is 16.1 Å². The summed E-state index contributed by atoms with van der Waals surface area (Å²) < 4.78 is 11.9. The highest BCUT2D eigenvalue weighted by Gasteiger charge is 2.12. The van der Waals surface area contributed by atoms with Gasteiger partial charge in [-0.2, -0.15) is 5.10 Å². The summed E-state index contributed by atoms with van der Waals surface area (Å²) in [6, 6.07) is 5.70. The van der Waals surface area contributed by atoms with Gasteiger partial charge in [0.15, 0.2) is 0 Å². The average molecular weight is 244 g/mol. The molecule has 0 saturated carbocycles. The van der Waals surface area contributed by atoms with Gasteiger partial charge in [-0.25, -0.2) is 0 Å². The minimum atomic E-state index is -0.289. The molecule has 2 heterocycles. The van der Waals surface area contributed by atoms with E-state index in [0.29, 0.717) is 6.61 Å². The number of esters is 1. The molecule has 3 rings (SSSR count). The predicted octanol–water partition coefficient (Wildman–Crippen LogP) is 2.35. The molecule has 0 atom stereocenters. The lowest BCUT2D eigenvalue weighted by Gasteiger charge is -2.04. The van der Waals surface area contributed by atoms with Gasteiger partial charge in [-0.1, -0.05) is 0 Å². The van der Waals surface area contributed by atoms with Crippen LogP contribution in [0.1, 0.15) is 6.92 Å².